The Bertz CT molecular complexity index is 644. The average Bonchev–Trinajstić information content (AvgIpc) is 2.41. The highest BCUT2D eigenvalue weighted by atomic mass is 127. The summed E-state index contributed by atoms with van der Waals surface area (Å²) in [4.78, 5) is 12.3. The molecule has 2 N–H and O–H groups in total. The van der Waals surface area contributed by atoms with Gasteiger partial charge in [0.25, 0.3) is 5.91 Å². The molecule has 0 fully saturated rings. The Balaban J connectivity index is 2.31. The van der Waals surface area contributed by atoms with Crippen molar-refractivity contribution in [1.82, 2.24) is 0 Å². The van der Waals surface area contributed by atoms with Gasteiger partial charge in [-0.15, -0.1) is 0 Å². The number of benzene rings is 2. The van der Waals surface area contributed by atoms with Crippen molar-refractivity contribution in [3.63, 3.8) is 0 Å². The molecule has 0 aromatic heterocycles. The predicted molar refractivity (Wildman–Crippen MR) is 91.9 cm³/mol. The van der Waals surface area contributed by atoms with Crippen LogP contribution in [0.25, 0.3) is 0 Å². The Hall–Kier alpha value is -0.920. The van der Waals surface area contributed by atoms with E-state index in [0.29, 0.717) is 16.8 Å². The van der Waals surface area contributed by atoms with E-state index in [2.05, 4.69) is 43.8 Å². The van der Waals surface area contributed by atoms with Crippen molar-refractivity contribution >= 4 is 50.1 Å². The quantitative estimate of drug-likeness (QED) is 0.689. The maximum absolute atomic E-state index is 12.3. The second-order valence-corrected chi connectivity index (χ2v) is 6.42. The van der Waals surface area contributed by atoms with Crippen LogP contribution in [0.1, 0.15) is 28.9 Å². The molecular weight excluding hydrogens is 433 g/mol. The van der Waals surface area contributed by atoms with Crippen molar-refractivity contribution in [1.29, 1.82) is 0 Å². The Morgan fingerprint density at radius 3 is 2.70 bits per heavy atom. The van der Waals surface area contributed by atoms with Gasteiger partial charge in [-0.2, -0.15) is 0 Å². The van der Waals surface area contributed by atoms with Crippen LogP contribution < -0.4 is 5.32 Å². The van der Waals surface area contributed by atoms with Gasteiger partial charge in [0.1, 0.15) is 0 Å². The van der Waals surface area contributed by atoms with Gasteiger partial charge in [0.2, 0.25) is 0 Å². The van der Waals surface area contributed by atoms with Crippen LogP contribution >= 0.6 is 38.5 Å². The van der Waals surface area contributed by atoms with E-state index in [9.17, 15) is 9.90 Å². The number of aliphatic hydroxyl groups excluding tert-OH is 1. The molecule has 0 aliphatic rings. The molecule has 1 atom stereocenters. The minimum atomic E-state index is -0.631. The molecule has 0 heterocycles. The first-order valence-electron chi connectivity index (χ1n) is 6.02. The first-order chi connectivity index (χ1) is 9.49. The lowest BCUT2D eigenvalue weighted by Gasteiger charge is -2.13. The minimum Gasteiger partial charge on any atom is -0.389 e. The van der Waals surface area contributed by atoms with Gasteiger partial charge in [-0.05, 0) is 53.8 Å². The lowest BCUT2D eigenvalue weighted by atomic mass is 10.1. The Labute approximate surface area is 139 Å². The van der Waals surface area contributed by atoms with Crippen LogP contribution in [0, 0.1) is 3.57 Å². The number of amides is 1. The molecule has 2 rings (SSSR count). The van der Waals surface area contributed by atoms with Crippen molar-refractivity contribution < 1.29 is 9.90 Å². The first-order valence-corrected chi connectivity index (χ1v) is 7.89. The van der Waals surface area contributed by atoms with Crippen molar-refractivity contribution in [2.45, 2.75) is 13.0 Å². The number of anilines is 1. The summed E-state index contributed by atoms with van der Waals surface area (Å²) in [5, 5.41) is 12.6. The maximum atomic E-state index is 12.3. The third-order valence-corrected chi connectivity index (χ3v) is 4.27. The highest BCUT2D eigenvalue weighted by Gasteiger charge is 2.14. The fourth-order valence-corrected chi connectivity index (χ4v) is 2.78. The summed E-state index contributed by atoms with van der Waals surface area (Å²) >= 11 is 5.49. The topological polar surface area (TPSA) is 49.3 Å². The molecule has 104 valence electrons. The molecule has 0 aliphatic heterocycles. The van der Waals surface area contributed by atoms with Gasteiger partial charge in [0.05, 0.1) is 11.7 Å². The lowest BCUT2D eigenvalue weighted by Crippen LogP contribution is -2.15. The molecule has 3 nitrogen and oxygen atoms in total. The van der Waals surface area contributed by atoms with E-state index in [1.165, 1.54) is 0 Å². The van der Waals surface area contributed by atoms with Crippen LogP contribution in [-0.4, -0.2) is 11.0 Å². The van der Waals surface area contributed by atoms with Gasteiger partial charge < -0.3 is 10.4 Å². The molecule has 0 saturated carbocycles. The highest BCUT2D eigenvalue weighted by molar-refractivity contribution is 14.1. The molecule has 0 saturated heterocycles. The molecule has 0 radical (unpaired) electrons. The molecule has 0 aliphatic carbocycles. The largest absolute Gasteiger partial charge is 0.389 e. The standard InChI is InChI=1S/C15H13BrINO2/c1-9(19)11-4-2-3-5-14(11)18-15(20)12-8-10(16)6-7-13(12)17/h2-9,19H,1H3,(H,18,20). The second-order valence-electron chi connectivity index (χ2n) is 4.34. The number of rotatable bonds is 3. The summed E-state index contributed by atoms with van der Waals surface area (Å²) < 4.78 is 1.73. The average molecular weight is 446 g/mol. The van der Waals surface area contributed by atoms with Crippen LogP contribution in [0.2, 0.25) is 0 Å². The number of aliphatic hydroxyl groups is 1. The number of para-hydroxylation sites is 1. The Morgan fingerprint density at radius 1 is 1.30 bits per heavy atom. The lowest BCUT2D eigenvalue weighted by molar-refractivity contribution is 0.102. The Kier molecular flexibility index (Phi) is 5.17. The third kappa shape index (κ3) is 3.59. The van der Waals surface area contributed by atoms with Gasteiger partial charge in [0.15, 0.2) is 0 Å². The van der Waals surface area contributed by atoms with Crippen LogP contribution in [0.15, 0.2) is 46.9 Å². The summed E-state index contributed by atoms with van der Waals surface area (Å²) in [6.45, 7) is 1.67. The van der Waals surface area contributed by atoms with E-state index in [0.717, 1.165) is 8.04 Å². The monoisotopic (exact) mass is 445 g/mol. The SMILES string of the molecule is CC(O)c1ccccc1NC(=O)c1cc(Br)ccc1I. The zero-order valence-corrected chi connectivity index (χ0v) is 14.5. The zero-order chi connectivity index (χ0) is 14.7. The molecule has 0 spiro atoms. The van der Waals surface area contributed by atoms with E-state index < -0.39 is 6.10 Å². The molecule has 5 heteroatoms. The fourth-order valence-electron chi connectivity index (χ4n) is 1.84. The molecule has 2 aromatic rings. The van der Waals surface area contributed by atoms with Crippen molar-refractivity contribution in [3.05, 3.63) is 61.6 Å². The van der Waals surface area contributed by atoms with Crippen LogP contribution in [0.5, 0.6) is 0 Å². The van der Waals surface area contributed by atoms with Gasteiger partial charge in [-0.25, -0.2) is 0 Å². The van der Waals surface area contributed by atoms with E-state index in [1.807, 2.05) is 24.3 Å². The molecule has 20 heavy (non-hydrogen) atoms. The number of nitrogens with one attached hydrogen (secondary N) is 1. The third-order valence-electron chi connectivity index (χ3n) is 2.83. The van der Waals surface area contributed by atoms with Crippen LogP contribution in [-0.2, 0) is 0 Å². The van der Waals surface area contributed by atoms with E-state index in [-0.39, 0.29) is 5.91 Å². The fraction of sp³-hybridized carbons (Fsp3) is 0.133. The number of carbonyl (C=O) groups is 1. The zero-order valence-electron chi connectivity index (χ0n) is 10.7. The number of halogens is 2. The highest BCUT2D eigenvalue weighted by Crippen LogP contribution is 2.24. The molecule has 0 bridgehead atoms. The second kappa shape index (κ2) is 6.69. The summed E-state index contributed by atoms with van der Waals surface area (Å²) in [6, 6.07) is 12.8. The van der Waals surface area contributed by atoms with Gasteiger partial charge in [-0.3, -0.25) is 4.79 Å². The molecule has 2 aromatic carbocycles. The van der Waals surface area contributed by atoms with Gasteiger partial charge in [-0.1, -0.05) is 34.1 Å². The van der Waals surface area contributed by atoms with E-state index in [1.54, 1.807) is 25.1 Å². The minimum absolute atomic E-state index is 0.191. The predicted octanol–water partition coefficient (Wildman–Crippen LogP) is 4.36. The summed E-state index contributed by atoms with van der Waals surface area (Å²) in [5.74, 6) is -0.191. The maximum Gasteiger partial charge on any atom is 0.256 e. The summed E-state index contributed by atoms with van der Waals surface area (Å²) in [5.41, 5.74) is 1.93. The van der Waals surface area contributed by atoms with Crippen LogP contribution in [0.3, 0.4) is 0 Å². The number of hydrogen-bond acceptors (Lipinski definition) is 2. The number of carbonyl (C=O) groups excluding carboxylic acids is 1. The summed E-state index contributed by atoms with van der Waals surface area (Å²) in [7, 11) is 0. The molecule has 1 amide bonds. The van der Waals surface area contributed by atoms with Gasteiger partial charge >= 0.3 is 0 Å². The van der Waals surface area contributed by atoms with Crippen molar-refractivity contribution in [2.24, 2.45) is 0 Å². The van der Waals surface area contributed by atoms with E-state index in [4.69, 9.17) is 0 Å². The first kappa shape index (κ1) is 15.5. The molecule has 1 unspecified atom stereocenters. The van der Waals surface area contributed by atoms with Gasteiger partial charge in [0, 0.05) is 19.3 Å². The Morgan fingerprint density at radius 2 is 2.00 bits per heavy atom. The van der Waals surface area contributed by atoms with Crippen LogP contribution in [0.4, 0.5) is 5.69 Å². The van der Waals surface area contributed by atoms with Crippen molar-refractivity contribution in [2.75, 3.05) is 5.32 Å². The molecular formula is C15H13BrINO2. The number of hydrogen-bond donors (Lipinski definition) is 2. The van der Waals surface area contributed by atoms with E-state index >= 15 is 0 Å². The summed E-state index contributed by atoms with van der Waals surface area (Å²) in [6.07, 6.45) is -0.631. The smallest absolute Gasteiger partial charge is 0.256 e. The van der Waals surface area contributed by atoms with Crippen molar-refractivity contribution in [3.8, 4) is 0 Å². The normalized spacial score (nSPS) is 12.0.